The second-order valence-corrected chi connectivity index (χ2v) is 4.02. The molecule has 2 aromatic heterocycles. The molecule has 100 valence electrons. The van der Waals surface area contributed by atoms with Gasteiger partial charge in [0.2, 0.25) is 11.8 Å². The van der Waals surface area contributed by atoms with Crippen LogP contribution in [0, 0.1) is 0 Å². The molecule has 0 unspecified atom stereocenters. The maximum Gasteiger partial charge on any atom is 0.293 e. The van der Waals surface area contributed by atoms with Gasteiger partial charge < -0.3 is 15.6 Å². The minimum Gasteiger partial charge on any atom is -0.366 e. The van der Waals surface area contributed by atoms with E-state index in [1.165, 1.54) is 0 Å². The number of aromatic amines is 1. The summed E-state index contributed by atoms with van der Waals surface area (Å²) in [5, 5.41) is 8.77. The molecule has 0 saturated heterocycles. The third-order valence-corrected chi connectivity index (χ3v) is 2.62. The molecule has 8 nitrogen and oxygen atoms in total. The summed E-state index contributed by atoms with van der Waals surface area (Å²) in [6.07, 6.45) is 5.18. The van der Waals surface area contributed by atoms with Gasteiger partial charge in [-0.3, -0.25) is 9.89 Å². The van der Waals surface area contributed by atoms with Gasteiger partial charge in [0, 0.05) is 23.8 Å². The largest absolute Gasteiger partial charge is 0.366 e. The van der Waals surface area contributed by atoms with E-state index < -0.39 is 5.91 Å². The van der Waals surface area contributed by atoms with E-state index in [4.69, 9.17) is 5.73 Å². The number of nitrogens with two attached hydrogens (primary N) is 1. The number of carbonyl (C=O) groups excluding carboxylic acids is 1. The summed E-state index contributed by atoms with van der Waals surface area (Å²) >= 11 is 0. The molecule has 0 atom stereocenters. The Kier molecular flexibility index (Phi) is 2.88. The fourth-order valence-corrected chi connectivity index (χ4v) is 1.72. The van der Waals surface area contributed by atoms with Crippen molar-refractivity contribution in [2.24, 2.45) is 0 Å². The van der Waals surface area contributed by atoms with E-state index in [2.05, 4.69) is 25.5 Å². The lowest BCUT2D eigenvalue weighted by Gasteiger charge is -2.06. The van der Waals surface area contributed by atoms with Crippen LogP contribution in [-0.2, 0) is 0 Å². The van der Waals surface area contributed by atoms with Crippen molar-refractivity contribution in [1.29, 1.82) is 0 Å². The standard InChI is InChI=1S/C12H11N7O/c13-12-16-10(17-18-12)11(20)15-8-2-1-3-9(6-8)19-5-4-14-7-19/h1-7H,(H,15,20)(H3,13,16,17,18). The van der Waals surface area contributed by atoms with Crippen LogP contribution in [0.1, 0.15) is 10.6 Å². The fraction of sp³-hybridized carbons (Fsp3) is 0. The molecule has 0 spiro atoms. The van der Waals surface area contributed by atoms with Crippen molar-refractivity contribution in [1.82, 2.24) is 24.7 Å². The first-order chi connectivity index (χ1) is 9.72. The van der Waals surface area contributed by atoms with Gasteiger partial charge in [0.15, 0.2) is 0 Å². The van der Waals surface area contributed by atoms with Gasteiger partial charge in [0.25, 0.3) is 5.91 Å². The van der Waals surface area contributed by atoms with E-state index >= 15 is 0 Å². The van der Waals surface area contributed by atoms with Gasteiger partial charge in [-0.05, 0) is 18.2 Å². The molecule has 3 aromatic rings. The van der Waals surface area contributed by atoms with Gasteiger partial charge in [-0.2, -0.15) is 4.98 Å². The zero-order chi connectivity index (χ0) is 13.9. The van der Waals surface area contributed by atoms with Gasteiger partial charge in [-0.15, -0.1) is 5.10 Å². The Morgan fingerprint density at radius 2 is 2.30 bits per heavy atom. The Morgan fingerprint density at radius 3 is 3.00 bits per heavy atom. The highest BCUT2D eigenvalue weighted by molar-refractivity contribution is 6.01. The molecule has 0 bridgehead atoms. The van der Waals surface area contributed by atoms with Crippen molar-refractivity contribution in [3.05, 3.63) is 48.8 Å². The Balaban J connectivity index is 1.81. The SMILES string of the molecule is Nc1n[nH]c(C(=O)Nc2cccc(-n3ccnc3)c2)n1. The maximum atomic E-state index is 11.9. The summed E-state index contributed by atoms with van der Waals surface area (Å²) in [6.45, 7) is 0. The number of H-pyrrole nitrogens is 1. The monoisotopic (exact) mass is 269 g/mol. The van der Waals surface area contributed by atoms with E-state index in [0.29, 0.717) is 5.69 Å². The molecule has 0 aliphatic carbocycles. The first-order valence-electron chi connectivity index (χ1n) is 5.80. The molecule has 2 heterocycles. The average Bonchev–Trinajstić information content (AvgIpc) is 3.10. The Labute approximate surface area is 113 Å². The first-order valence-corrected chi connectivity index (χ1v) is 5.80. The quantitative estimate of drug-likeness (QED) is 0.651. The molecule has 20 heavy (non-hydrogen) atoms. The average molecular weight is 269 g/mol. The molecule has 0 aliphatic rings. The Bertz CT molecular complexity index is 732. The van der Waals surface area contributed by atoms with Crippen LogP contribution in [0.4, 0.5) is 11.6 Å². The van der Waals surface area contributed by atoms with E-state index in [9.17, 15) is 4.79 Å². The number of aromatic nitrogens is 5. The maximum absolute atomic E-state index is 11.9. The smallest absolute Gasteiger partial charge is 0.293 e. The molecule has 0 radical (unpaired) electrons. The molecule has 1 aromatic carbocycles. The highest BCUT2D eigenvalue weighted by Crippen LogP contribution is 2.15. The highest BCUT2D eigenvalue weighted by atomic mass is 16.2. The number of anilines is 2. The molecule has 0 saturated carbocycles. The predicted octanol–water partition coefficient (Wildman–Crippen LogP) is 0.825. The lowest BCUT2D eigenvalue weighted by molar-refractivity contribution is 0.101. The molecule has 4 N–H and O–H groups in total. The van der Waals surface area contributed by atoms with Crippen LogP contribution in [0.3, 0.4) is 0 Å². The van der Waals surface area contributed by atoms with Crippen molar-refractivity contribution in [2.45, 2.75) is 0 Å². The molecule has 0 aliphatic heterocycles. The molecular formula is C12H11N7O. The Hall–Kier alpha value is -3.16. The van der Waals surface area contributed by atoms with E-state index in [0.717, 1.165) is 5.69 Å². The molecule has 1 amide bonds. The third kappa shape index (κ3) is 2.34. The third-order valence-electron chi connectivity index (χ3n) is 2.62. The van der Waals surface area contributed by atoms with Crippen molar-refractivity contribution < 1.29 is 4.79 Å². The minimum atomic E-state index is -0.406. The number of amides is 1. The number of imidazole rings is 1. The van der Waals surface area contributed by atoms with Gasteiger partial charge in [0.05, 0.1) is 6.33 Å². The number of rotatable bonds is 3. The number of nitrogen functional groups attached to an aromatic ring is 1. The lowest BCUT2D eigenvalue weighted by Crippen LogP contribution is -2.14. The van der Waals surface area contributed by atoms with E-state index in [1.807, 2.05) is 29.0 Å². The molecule has 3 rings (SSSR count). The van der Waals surface area contributed by atoms with Crippen molar-refractivity contribution in [3.63, 3.8) is 0 Å². The van der Waals surface area contributed by atoms with E-state index in [1.54, 1.807) is 18.6 Å². The summed E-state index contributed by atoms with van der Waals surface area (Å²) in [4.78, 5) is 19.6. The van der Waals surface area contributed by atoms with Crippen LogP contribution in [0.2, 0.25) is 0 Å². The van der Waals surface area contributed by atoms with Crippen LogP contribution in [0.5, 0.6) is 0 Å². The second-order valence-electron chi connectivity index (χ2n) is 4.02. The van der Waals surface area contributed by atoms with Crippen molar-refractivity contribution >= 4 is 17.5 Å². The van der Waals surface area contributed by atoms with Crippen LogP contribution < -0.4 is 11.1 Å². The summed E-state index contributed by atoms with van der Waals surface area (Å²) < 4.78 is 1.84. The zero-order valence-corrected chi connectivity index (χ0v) is 10.3. The second kappa shape index (κ2) is 4.84. The summed E-state index contributed by atoms with van der Waals surface area (Å²) in [5.41, 5.74) is 6.88. The number of nitrogens with zero attached hydrogens (tertiary/aromatic N) is 4. The van der Waals surface area contributed by atoms with Gasteiger partial charge in [-0.25, -0.2) is 4.98 Å². The Morgan fingerprint density at radius 1 is 1.40 bits per heavy atom. The van der Waals surface area contributed by atoms with Crippen LogP contribution in [0.25, 0.3) is 5.69 Å². The summed E-state index contributed by atoms with van der Waals surface area (Å²) in [7, 11) is 0. The summed E-state index contributed by atoms with van der Waals surface area (Å²) in [5.74, 6) is -0.310. The topological polar surface area (TPSA) is 115 Å². The van der Waals surface area contributed by atoms with Gasteiger partial charge in [-0.1, -0.05) is 6.07 Å². The number of hydrogen-bond acceptors (Lipinski definition) is 5. The van der Waals surface area contributed by atoms with Gasteiger partial charge in [0.1, 0.15) is 0 Å². The highest BCUT2D eigenvalue weighted by Gasteiger charge is 2.11. The number of hydrogen-bond donors (Lipinski definition) is 3. The zero-order valence-electron chi connectivity index (χ0n) is 10.3. The fourth-order valence-electron chi connectivity index (χ4n) is 1.72. The lowest BCUT2D eigenvalue weighted by atomic mass is 10.2. The van der Waals surface area contributed by atoms with Gasteiger partial charge >= 0.3 is 0 Å². The van der Waals surface area contributed by atoms with Crippen LogP contribution >= 0.6 is 0 Å². The first kappa shape index (κ1) is 11.9. The van der Waals surface area contributed by atoms with Crippen LogP contribution in [0.15, 0.2) is 43.0 Å². The molecular weight excluding hydrogens is 258 g/mol. The molecule has 0 fully saturated rings. The van der Waals surface area contributed by atoms with Crippen LogP contribution in [-0.4, -0.2) is 30.6 Å². The normalized spacial score (nSPS) is 10.4. The minimum absolute atomic E-state index is 0.0299. The summed E-state index contributed by atoms with van der Waals surface area (Å²) in [6, 6.07) is 7.33. The molecule has 8 heteroatoms. The number of nitrogens with one attached hydrogen (secondary N) is 2. The van der Waals surface area contributed by atoms with Crippen molar-refractivity contribution in [2.75, 3.05) is 11.1 Å². The number of benzene rings is 1. The predicted molar refractivity (Wildman–Crippen MR) is 72.3 cm³/mol. The number of carbonyl (C=O) groups is 1. The van der Waals surface area contributed by atoms with E-state index in [-0.39, 0.29) is 11.8 Å². The van der Waals surface area contributed by atoms with Crippen molar-refractivity contribution in [3.8, 4) is 5.69 Å².